The fourth-order valence-electron chi connectivity index (χ4n) is 3.86. The minimum absolute atomic E-state index is 1.09. The molecule has 0 aliphatic carbocycles. The molecule has 0 saturated carbocycles. The SMILES string of the molecule is C=Cc1ccc(C[PH](C)(C)CCCCCCCCCCCCCC)cc1. The van der Waals surface area contributed by atoms with Crippen LogP contribution in [0, 0.1) is 0 Å². The topological polar surface area (TPSA) is 0 Å². The molecule has 0 aromatic heterocycles. The molecule has 26 heavy (non-hydrogen) atoms. The van der Waals surface area contributed by atoms with E-state index in [1.54, 1.807) is 0 Å². The van der Waals surface area contributed by atoms with Gasteiger partial charge in [0.15, 0.2) is 0 Å². The minimum atomic E-state index is -1.09. The summed E-state index contributed by atoms with van der Waals surface area (Å²) in [6.07, 6.45) is 22.1. The Balaban J connectivity index is 2.01. The van der Waals surface area contributed by atoms with E-state index in [2.05, 4.69) is 51.1 Å². The summed E-state index contributed by atoms with van der Waals surface area (Å²) in [5, 5.41) is 0. The third-order valence-electron chi connectivity index (χ3n) is 5.61. The van der Waals surface area contributed by atoms with Gasteiger partial charge >= 0.3 is 152 Å². The van der Waals surface area contributed by atoms with Crippen molar-refractivity contribution < 1.29 is 0 Å². The van der Waals surface area contributed by atoms with E-state index in [1.807, 2.05) is 6.08 Å². The van der Waals surface area contributed by atoms with Gasteiger partial charge in [0, 0.05) is 0 Å². The van der Waals surface area contributed by atoms with Crippen molar-refractivity contribution in [2.75, 3.05) is 19.5 Å². The molecular weight excluding hydrogens is 331 g/mol. The van der Waals surface area contributed by atoms with E-state index in [4.69, 9.17) is 0 Å². The summed E-state index contributed by atoms with van der Waals surface area (Å²) >= 11 is 0. The van der Waals surface area contributed by atoms with Gasteiger partial charge in [0.1, 0.15) is 0 Å². The average molecular weight is 377 g/mol. The molecule has 150 valence electrons. The summed E-state index contributed by atoms with van der Waals surface area (Å²) in [7, 11) is -1.09. The Hall–Kier alpha value is -0.610. The van der Waals surface area contributed by atoms with Crippen molar-refractivity contribution in [3.8, 4) is 0 Å². The van der Waals surface area contributed by atoms with Gasteiger partial charge < -0.3 is 0 Å². The van der Waals surface area contributed by atoms with Crippen LogP contribution in [0.1, 0.15) is 95.1 Å². The Kier molecular flexibility index (Phi) is 13.0. The molecule has 0 amide bonds. The fraction of sp³-hybridized carbons (Fsp3) is 0.680. The Morgan fingerprint density at radius 2 is 1.19 bits per heavy atom. The van der Waals surface area contributed by atoms with Crippen LogP contribution in [0.5, 0.6) is 0 Å². The molecule has 0 saturated heterocycles. The molecule has 1 aromatic carbocycles. The first-order valence-electron chi connectivity index (χ1n) is 11.3. The Bertz CT molecular complexity index is 458. The van der Waals surface area contributed by atoms with E-state index >= 15 is 0 Å². The molecule has 0 nitrogen and oxygen atoms in total. The van der Waals surface area contributed by atoms with Crippen LogP contribution >= 0.6 is 7.26 Å². The number of hydrogen-bond acceptors (Lipinski definition) is 0. The summed E-state index contributed by atoms with van der Waals surface area (Å²) in [5.41, 5.74) is 2.75. The molecule has 1 heteroatoms. The number of hydrogen-bond donors (Lipinski definition) is 0. The first kappa shape index (κ1) is 23.4. The molecule has 0 radical (unpaired) electrons. The van der Waals surface area contributed by atoms with Crippen LogP contribution in [0.15, 0.2) is 30.8 Å². The summed E-state index contributed by atoms with van der Waals surface area (Å²) < 4.78 is 0. The molecule has 0 spiro atoms. The average Bonchev–Trinajstić information content (AvgIpc) is 2.63. The second kappa shape index (κ2) is 14.4. The molecule has 0 atom stereocenters. The Morgan fingerprint density at radius 3 is 1.65 bits per heavy atom. The maximum atomic E-state index is 3.84. The molecule has 0 N–H and O–H groups in total. The quantitative estimate of drug-likeness (QED) is 0.200. The van der Waals surface area contributed by atoms with Crippen molar-refractivity contribution in [1.29, 1.82) is 0 Å². The van der Waals surface area contributed by atoms with Crippen LogP contribution < -0.4 is 0 Å². The van der Waals surface area contributed by atoms with Crippen LogP contribution in [-0.2, 0) is 6.16 Å². The predicted molar refractivity (Wildman–Crippen MR) is 126 cm³/mol. The second-order valence-corrected chi connectivity index (χ2v) is 14.1. The van der Waals surface area contributed by atoms with Crippen LogP contribution in [0.4, 0.5) is 0 Å². The van der Waals surface area contributed by atoms with Gasteiger partial charge in [-0.2, -0.15) is 0 Å². The van der Waals surface area contributed by atoms with Gasteiger partial charge in [0.2, 0.25) is 0 Å². The first-order valence-corrected chi connectivity index (χ1v) is 14.7. The predicted octanol–water partition coefficient (Wildman–Crippen LogP) is 8.54. The van der Waals surface area contributed by atoms with Gasteiger partial charge in [-0.25, -0.2) is 0 Å². The van der Waals surface area contributed by atoms with E-state index in [9.17, 15) is 0 Å². The maximum absolute atomic E-state index is 3.84. The van der Waals surface area contributed by atoms with E-state index in [-0.39, 0.29) is 0 Å². The van der Waals surface area contributed by atoms with Gasteiger partial charge in [0.25, 0.3) is 0 Å². The van der Waals surface area contributed by atoms with Gasteiger partial charge in [-0.1, -0.05) is 13.3 Å². The fourth-order valence-corrected chi connectivity index (χ4v) is 6.58. The summed E-state index contributed by atoms with van der Waals surface area (Å²) in [6.45, 7) is 11.3. The van der Waals surface area contributed by atoms with Gasteiger partial charge in [0.05, 0.1) is 0 Å². The summed E-state index contributed by atoms with van der Waals surface area (Å²) in [4.78, 5) is 0. The molecule has 1 aromatic rings. The number of unbranched alkanes of at least 4 members (excludes halogenated alkanes) is 11. The third kappa shape index (κ3) is 11.9. The van der Waals surface area contributed by atoms with Crippen molar-refractivity contribution in [3.05, 3.63) is 42.0 Å². The van der Waals surface area contributed by atoms with Crippen LogP contribution in [0.25, 0.3) is 6.08 Å². The van der Waals surface area contributed by atoms with E-state index < -0.39 is 7.26 Å². The number of benzene rings is 1. The van der Waals surface area contributed by atoms with Gasteiger partial charge in [-0.05, 0) is 0 Å². The summed E-state index contributed by atoms with van der Waals surface area (Å²) in [5.74, 6) is 0. The molecule has 1 rings (SSSR count). The van der Waals surface area contributed by atoms with Crippen LogP contribution in [-0.4, -0.2) is 19.5 Å². The van der Waals surface area contributed by atoms with E-state index in [1.165, 1.54) is 101 Å². The third-order valence-corrected chi connectivity index (χ3v) is 8.68. The first-order chi connectivity index (χ1) is 12.6. The molecule has 0 aliphatic rings. The van der Waals surface area contributed by atoms with Crippen molar-refractivity contribution in [2.24, 2.45) is 0 Å². The molecule has 0 heterocycles. The molecule has 0 aliphatic heterocycles. The van der Waals surface area contributed by atoms with Crippen LogP contribution in [0.2, 0.25) is 0 Å². The number of rotatable bonds is 16. The van der Waals surface area contributed by atoms with E-state index in [0.29, 0.717) is 0 Å². The van der Waals surface area contributed by atoms with Crippen molar-refractivity contribution in [1.82, 2.24) is 0 Å². The second-order valence-electron chi connectivity index (χ2n) is 8.93. The zero-order valence-electron chi connectivity index (χ0n) is 18.0. The normalized spacial score (nSPS) is 12.3. The van der Waals surface area contributed by atoms with Crippen LogP contribution in [0.3, 0.4) is 0 Å². The molecule has 0 unspecified atom stereocenters. The molecular formula is C25H45P. The van der Waals surface area contributed by atoms with E-state index in [0.717, 1.165) is 0 Å². The van der Waals surface area contributed by atoms with Crippen molar-refractivity contribution in [3.63, 3.8) is 0 Å². The van der Waals surface area contributed by atoms with Gasteiger partial charge in [-0.3, -0.25) is 0 Å². The zero-order valence-corrected chi connectivity index (χ0v) is 19.0. The van der Waals surface area contributed by atoms with Crippen molar-refractivity contribution >= 4 is 13.3 Å². The monoisotopic (exact) mass is 376 g/mol. The van der Waals surface area contributed by atoms with Gasteiger partial charge in [-0.15, -0.1) is 0 Å². The Labute approximate surface area is 165 Å². The van der Waals surface area contributed by atoms with Crippen molar-refractivity contribution in [2.45, 2.75) is 90.1 Å². The molecule has 0 bridgehead atoms. The molecule has 0 fully saturated rings. The Morgan fingerprint density at radius 1 is 0.731 bits per heavy atom. The standard InChI is InChI=1S/C25H45P/c1-5-7-8-9-10-11-12-13-14-15-16-17-22-26(3,4)23-25-20-18-24(6-2)19-21-25/h6,18-21,26H,2,5,7-17,22-23H2,1,3-4H3. The zero-order chi connectivity index (χ0) is 19.1. The summed E-state index contributed by atoms with van der Waals surface area (Å²) in [6, 6.07) is 9.01.